The number of thiazole rings is 1. The smallest absolute Gasteiger partial charge is 0.231 e. The van der Waals surface area contributed by atoms with E-state index in [1.165, 1.54) is 29.5 Å². The van der Waals surface area contributed by atoms with Gasteiger partial charge in [0, 0.05) is 32.1 Å². The van der Waals surface area contributed by atoms with Crippen LogP contribution in [0.15, 0.2) is 18.2 Å². The summed E-state index contributed by atoms with van der Waals surface area (Å²) in [6.45, 7) is 7.59. The first-order chi connectivity index (χ1) is 14.2. The van der Waals surface area contributed by atoms with Gasteiger partial charge in [-0.2, -0.15) is 0 Å². The van der Waals surface area contributed by atoms with E-state index in [2.05, 4.69) is 30.0 Å². The number of carbonyl (C=O) groups is 1. The molecule has 1 aromatic carbocycles. The molecule has 2 heterocycles. The molecule has 2 aromatic rings. The van der Waals surface area contributed by atoms with E-state index >= 15 is 0 Å². The van der Waals surface area contributed by atoms with Crippen LogP contribution >= 0.6 is 11.3 Å². The summed E-state index contributed by atoms with van der Waals surface area (Å²) in [5.41, 5.74) is 2.34. The minimum atomic E-state index is 0.172. The van der Waals surface area contributed by atoms with Crippen LogP contribution in [0.3, 0.4) is 0 Å². The lowest BCUT2D eigenvalue weighted by atomic mass is 9.88. The van der Waals surface area contributed by atoms with Crippen molar-refractivity contribution in [2.45, 2.75) is 51.9 Å². The maximum atomic E-state index is 13.4. The maximum absolute atomic E-state index is 13.4. The molecule has 0 N–H and O–H groups in total. The SMILES string of the molecule is CCc1ccc2nc(N(CCCN3CCOCC3)C(=O)C3CCCCC3)sc2c1. The van der Waals surface area contributed by atoms with Gasteiger partial charge in [0.2, 0.25) is 5.91 Å². The number of aromatic nitrogens is 1. The van der Waals surface area contributed by atoms with E-state index in [1.54, 1.807) is 11.3 Å². The van der Waals surface area contributed by atoms with Crippen molar-refractivity contribution in [1.29, 1.82) is 0 Å². The summed E-state index contributed by atoms with van der Waals surface area (Å²) in [5, 5.41) is 0.880. The maximum Gasteiger partial charge on any atom is 0.231 e. The largest absolute Gasteiger partial charge is 0.379 e. The fourth-order valence-corrected chi connectivity index (χ4v) is 5.50. The van der Waals surface area contributed by atoms with Crippen molar-refractivity contribution in [3.63, 3.8) is 0 Å². The number of rotatable bonds is 7. The number of carbonyl (C=O) groups excluding carboxylic acids is 1. The Balaban J connectivity index is 1.51. The Bertz CT molecular complexity index is 810. The summed E-state index contributed by atoms with van der Waals surface area (Å²) in [6, 6.07) is 6.48. The normalized spacial score (nSPS) is 18.9. The second-order valence-electron chi connectivity index (χ2n) is 8.28. The number of nitrogens with zero attached hydrogens (tertiary/aromatic N) is 3. The number of ether oxygens (including phenoxy) is 1. The molecule has 1 aliphatic heterocycles. The zero-order valence-electron chi connectivity index (χ0n) is 17.6. The van der Waals surface area contributed by atoms with Crippen molar-refractivity contribution in [2.24, 2.45) is 5.92 Å². The highest BCUT2D eigenvalue weighted by atomic mass is 32.1. The standard InChI is InChI=1S/C23H33N3O2S/c1-2-18-9-10-20-21(17-18)29-23(24-20)26(22(27)19-7-4-3-5-8-19)12-6-11-25-13-15-28-16-14-25/h9-10,17,19H,2-8,11-16H2,1H3. The molecule has 6 heteroatoms. The Kier molecular flexibility index (Phi) is 7.16. The van der Waals surface area contributed by atoms with Crippen molar-refractivity contribution in [3.05, 3.63) is 23.8 Å². The van der Waals surface area contributed by atoms with E-state index in [4.69, 9.17) is 9.72 Å². The zero-order chi connectivity index (χ0) is 20.1. The third kappa shape index (κ3) is 5.16. The average molecular weight is 416 g/mol. The van der Waals surface area contributed by atoms with Gasteiger partial charge in [0.15, 0.2) is 5.13 Å². The van der Waals surface area contributed by atoms with Gasteiger partial charge in [-0.25, -0.2) is 4.98 Å². The van der Waals surface area contributed by atoms with Crippen molar-refractivity contribution < 1.29 is 9.53 Å². The first-order valence-electron chi connectivity index (χ1n) is 11.3. The van der Waals surface area contributed by atoms with Gasteiger partial charge in [0.1, 0.15) is 0 Å². The summed E-state index contributed by atoms with van der Waals surface area (Å²) in [4.78, 5) is 22.7. The molecule has 1 saturated heterocycles. The highest BCUT2D eigenvalue weighted by Gasteiger charge is 2.28. The van der Waals surface area contributed by atoms with Crippen LogP contribution in [0.25, 0.3) is 10.2 Å². The summed E-state index contributed by atoms with van der Waals surface area (Å²) < 4.78 is 6.64. The van der Waals surface area contributed by atoms with E-state index < -0.39 is 0 Å². The van der Waals surface area contributed by atoms with E-state index in [0.29, 0.717) is 5.91 Å². The number of fused-ring (bicyclic) bond motifs is 1. The van der Waals surface area contributed by atoms with Gasteiger partial charge >= 0.3 is 0 Å². The number of amides is 1. The molecule has 5 nitrogen and oxygen atoms in total. The number of hydrogen-bond donors (Lipinski definition) is 0. The average Bonchev–Trinajstić information content (AvgIpc) is 3.20. The molecule has 4 rings (SSSR count). The minimum Gasteiger partial charge on any atom is -0.379 e. The fourth-order valence-electron chi connectivity index (χ4n) is 4.44. The van der Waals surface area contributed by atoms with E-state index in [9.17, 15) is 4.79 Å². The molecule has 1 amide bonds. The molecule has 1 aromatic heterocycles. The molecule has 0 atom stereocenters. The highest BCUT2D eigenvalue weighted by Crippen LogP contribution is 2.33. The first-order valence-corrected chi connectivity index (χ1v) is 12.1. The molecule has 1 aliphatic carbocycles. The lowest BCUT2D eigenvalue weighted by molar-refractivity contribution is -0.123. The third-order valence-electron chi connectivity index (χ3n) is 6.26. The molecule has 1 saturated carbocycles. The molecule has 0 bridgehead atoms. The van der Waals surface area contributed by atoms with E-state index in [1.807, 2.05) is 4.90 Å². The quantitative estimate of drug-likeness (QED) is 0.668. The summed E-state index contributed by atoms with van der Waals surface area (Å²) in [6.07, 6.45) is 7.69. The lowest BCUT2D eigenvalue weighted by Gasteiger charge is -2.30. The van der Waals surface area contributed by atoms with Crippen LogP contribution < -0.4 is 4.90 Å². The molecule has 0 spiro atoms. The first kappa shape index (κ1) is 20.8. The Morgan fingerprint density at radius 1 is 1.24 bits per heavy atom. The highest BCUT2D eigenvalue weighted by molar-refractivity contribution is 7.22. The predicted molar refractivity (Wildman–Crippen MR) is 120 cm³/mol. The van der Waals surface area contributed by atoms with Gasteiger partial charge in [0.25, 0.3) is 0 Å². The van der Waals surface area contributed by atoms with Crippen molar-refractivity contribution in [2.75, 3.05) is 44.3 Å². The molecule has 0 radical (unpaired) electrons. The van der Waals surface area contributed by atoms with Crippen LogP contribution in [0.5, 0.6) is 0 Å². The van der Waals surface area contributed by atoms with Gasteiger partial charge in [-0.05, 0) is 43.4 Å². The zero-order valence-corrected chi connectivity index (χ0v) is 18.4. The Morgan fingerprint density at radius 3 is 2.79 bits per heavy atom. The summed E-state index contributed by atoms with van der Waals surface area (Å²) in [5.74, 6) is 0.465. The van der Waals surface area contributed by atoms with Crippen LogP contribution in [-0.4, -0.2) is 55.2 Å². The second kappa shape index (κ2) is 10.0. The number of anilines is 1. The van der Waals surface area contributed by atoms with Crippen molar-refractivity contribution in [3.8, 4) is 0 Å². The Labute approximate surface area is 178 Å². The number of aryl methyl sites for hydroxylation is 1. The van der Waals surface area contributed by atoms with Crippen LogP contribution in [-0.2, 0) is 16.0 Å². The van der Waals surface area contributed by atoms with Crippen LogP contribution in [0.4, 0.5) is 5.13 Å². The van der Waals surface area contributed by atoms with Gasteiger partial charge in [0.05, 0.1) is 23.4 Å². The second-order valence-corrected chi connectivity index (χ2v) is 9.29. The molecule has 29 heavy (non-hydrogen) atoms. The monoisotopic (exact) mass is 415 g/mol. The van der Waals surface area contributed by atoms with Crippen LogP contribution in [0.1, 0.15) is 51.0 Å². The van der Waals surface area contributed by atoms with E-state index in [-0.39, 0.29) is 5.92 Å². The third-order valence-corrected chi connectivity index (χ3v) is 7.30. The van der Waals surface area contributed by atoms with Gasteiger partial charge < -0.3 is 4.74 Å². The summed E-state index contributed by atoms with van der Waals surface area (Å²) in [7, 11) is 0. The molecule has 2 aliphatic rings. The van der Waals surface area contributed by atoms with Gasteiger partial charge in [-0.3, -0.25) is 14.6 Å². The topological polar surface area (TPSA) is 45.7 Å². The van der Waals surface area contributed by atoms with Crippen molar-refractivity contribution in [1.82, 2.24) is 9.88 Å². The number of morpholine rings is 1. The lowest BCUT2D eigenvalue weighted by Crippen LogP contribution is -2.41. The van der Waals surface area contributed by atoms with E-state index in [0.717, 1.165) is 75.7 Å². The molecular formula is C23H33N3O2S. The van der Waals surface area contributed by atoms with Crippen LogP contribution in [0, 0.1) is 5.92 Å². The Hall–Kier alpha value is -1.50. The molecule has 158 valence electrons. The predicted octanol–water partition coefficient (Wildman–Crippen LogP) is 4.49. The number of benzene rings is 1. The van der Waals surface area contributed by atoms with Gasteiger partial charge in [-0.1, -0.05) is 43.6 Å². The van der Waals surface area contributed by atoms with Gasteiger partial charge in [-0.15, -0.1) is 0 Å². The molecule has 2 fully saturated rings. The van der Waals surface area contributed by atoms with Crippen LogP contribution in [0.2, 0.25) is 0 Å². The molecule has 0 unspecified atom stereocenters. The molecular weight excluding hydrogens is 382 g/mol. The summed E-state index contributed by atoms with van der Waals surface area (Å²) >= 11 is 1.67. The fraction of sp³-hybridized carbons (Fsp3) is 0.652. The minimum absolute atomic E-state index is 0.172. The Morgan fingerprint density at radius 2 is 2.03 bits per heavy atom. The van der Waals surface area contributed by atoms with Crippen molar-refractivity contribution >= 4 is 32.6 Å². The number of hydrogen-bond acceptors (Lipinski definition) is 5.